The molecule has 0 spiro atoms. The number of alkyl halides is 3. The molecule has 0 radical (unpaired) electrons. The largest absolute Gasteiger partial charge is 0.573 e. The zero-order chi connectivity index (χ0) is 20.5. The van der Waals surface area contributed by atoms with Crippen LogP contribution in [0, 0.1) is 0 Å². The zero-order valence-electron chi connectivity index (χ0n) is 15.4. The number of aliphatic hydroxyl groups excluding tert-OH is 1. The van der Waals surface area contributed by atoms with Crippen LogP contribution in [0.15, 0.2) is 30.3 Å². The van der Waals surface area contributed by atoms with Crippen molar-refractivity contribution in [1.29, 1.82) is 0 Å². The molecule has 2 aromatic carbocycles. The van der Waals surface area contributed by atoms with Crippen LogP contribution >= 0.6 is 0 Å². The second-order valence-electron chi connectivity index (χ2n) is 6.55. The first kappa shape index (κ1) is 20.0. The number of rotatable bonds is 5. The second-order valence-corrected chi connectivity index (χ2v) is 6.55. The molecule has 0 bridgehead atoms. The van der Waals surface area contributed by atoms with Gasteiger partial charge in [-0.05, 0) is 41.8 Å². The van der Waals surface area contributed by atoms with E-state index in [1.54, 1.807) is 6.07 Å². The summed E-state index contributed by atoms with van der Waals surface area (Å²) >= 11 is 0. The van der Waals surface area contributed by atoms with Gasteiger partial charge in [-0.3, -0.25) is 4.79 Å². The molecule has 1 aliphatic rings. The number of amides is 1. The van der Waals surface area contributed by atoms with Gasteiger partial charge in [0.1, 0.15) is 11.5 Å². The summed E-state index contributed by atoms with van der Waals surface area (Å²) in [6.45, 7) is 3.46. The summed E-state index contributed by atoms with van der Waals surface area (Å²) in [6, 6.07) is 6.96. The predicted molar refractivity (Wildman–Crippen MR) is 95.9 cm³/mol. The van der Waals surface area contributed by atoms with Crippen molar-refractivity contribution in [2.45, 2.75) is 39.3 Å². The summed E-state index contributed by atoms with van der Waals surface area (Å²) in [4.78, 5) is 11.5. The summed E-state index contributed by atoms with van der Waals surface area (Å²) in [5.74, 6) is 0.0864. The van der Waals surface area contributed by atoms with E-state index in [4.69, 9.17) is 4.74 Å². The Labute approximate surface area is 160 Å². The van der Waals surface area contributed by atoms with Crippen molar-refractivity contribution in [2.24, 2.45) is 0 Å². The van der Waals surface area contributed by atoms with Crippen molar-refractivity contribution in [1.82, 2.24) is 5.32 Å². The van der Waals surface area contributed by atoms with E-state index in [1.165, 1.54) is 31.2 Å². The lowest BCUT2D eigenvalue weighted by Crippen LogP contribution is -2.25. The fourth-order valence-corrected chi connectivity index (χ4v) is 3.47. The molecule has 2 aromatic rings. The van der Waals surface area contributed by atoms with Crippen molar-refractivity contribution in [3.05, 3.63) is 47.0 Å². The van der Waals surface area contributed by atoms with Gasteiger partial charge in [0.2, 0.25) is 5.91 Å². The van der Waals surface area contributed by atoms with Crippen LogP contribution in [-0.4, -0.2) is 24.0 Å². The monoisotopic (exact) mass is 395 g/mol. The second kappa shape index (κ2) is 7.71. The SMILES string of the molecule is CC(=O)N[C@@H](C)c1cc(-c2ccc(OC(F)(F)F)cc2)c2c(c1CO)CCO2. The lowest BCUT2D eigenvalue weighted by Gasteiger charge is -2.21. The topological polar surface area (TPSA) is 67.8 Å². The van der Waals surface area contributed by atoms with E-state index in [9.17, 15) is 23.1 Å². The molecule has 0 unspecified atom stereocenters. The van der Waals surface area contributed by atoms with Crippen LogP contribution in [0.4, 0.5) is 13.2 Å². The minimum absolute atomic E-state index is 0.205. The molecule has 0 saturated carbocycles. The third-order valence-electron chi connectivity index (χ3n) is 4.57. The molecule has 28 heavy (non-hydrogen) atoms. The van der Waals surface area contributed by atoms with Gasteiger partial charge in [0, 0.05) is 24.5 Å². The molecule has 2 N–H and O–H groups in total. The fraction of sp³-hybridized carbons (Fsp3) is 0.350. The number of nitrogens with one attached hydrogen (secondary N) is 1. The first-order chi connectivity index (χ1) is 13.2. The number of hydrogen-bond donors (Lipinski definition) is 2. The van der Waals surface area contributed by atoms with E-state index in [1.807, 2.05) is 6.92 Å². The van der Waals surface area contributed by atoms with Crippen LogP contribution in [0.1, 0.15) is 36.6 Å². The highest BCUT2D eigenvalue weighted by Crippen LogP contribution is 2.42. The van der Waals surface area contributed by atoms with Gasteiger partial charge in [-0.15, -0.1) is 13.2 Å². The van der Waals surface area contributed by atoms with Crippen molar-refractivity contribution in [3.8, 4) is 22.6 Å². The molecule has 0 fully saturated rings. The van der Waals surface area contributed by atoms with E-state index in [0.29, 0.717) is 35.5 Å². The summed E-state index contributed by atoms with van der Waals surface area (Å²) in [5, 5.41) is 12.7. The van der Waals surface area contributed by atoms with Crippen LogP contribution in [0.2, 0.25) is 0 Å². The van der Waals surface area contributed by atoms with Gasteiger partial charge < -0.3 is 19.9 Å². The Morgan fingerprint density at radius 2 is 2.00 bits per heavy atom. The maximum atomic E-state index is 12.4. The molecule has 0 aliphatic carbocycles. The highest BCUT2D eigenvalue weighted by atomic mass is 19.4. The maximum absolute atomic E-state index is 12.4. The van der Waals surface area contributed by atoms with Crippen molar-refractivity contribution in [2.75, 3.05) is 6.61 Å². The quantitative estimate of drug-likeness (QED) is 0.807. The number of aliphatic hydroxyl groups is 1. The fourth-order valence-electron chi connectivity index (χ4n) is 3.47. The van der Waals surface area contributed by atoms with E-state index >= 15 is 0 Å². The van der Waals surface area contributed by atoms with Gasteiger partial charge in [-0.25, -0.2) is 0 Å². The van der Waals surface area contributed by atoms with Crippen molar-refractivity contribution in [3.63, 3.8) is 0 Å². The Morgan fingerprint density at radius 3 is 2.57 bits per heavy atom. The molecule has 1 heterocycles. The molecular formula is C20H20F3NO4. The van der Waals surface area contributed by atoms with Crippen LogP contribution in [0.5, 0.6) is 11.5 Å². The number of carbonyl (C=O) groups is 1. The first-order valence-electron chi connectivity index (χ1n) is 8.75. The van der Waals surface area contributed by atoms with E-state index < -0.39 is 6.36 Å². The number of benzene rings is 2. The first-order valence-corrected chi connectivity index (χ1v) is 8.75. The average Bonchev–Trinajstić information content (AvgIpc) is 3.08. The molecular weight excluding hydrogens is 375 g/mol. The Morgan fingerprint density at radius 1 is 1.32 bits per heavy atom. The molecule has 0 aromatic heterocycles. The Balaban J connectivity index is 2.06. The lowest BCUT2D eigenvalue weighted by atomic mass is 9.90. The summed E-state index contributed by atoms with van der Waals surface area (Å²) in [6.07, 6.45) is -4.15. The lowest BCUT2D eigenvalue weighted by molar-refractivity contribution is -0.274. The molecule has 1 amide bonds. The third-order valence-corrected chi connectivity index (χ3v) is 4.57. The van der Waals surface area contributed by atoms with E-state index in [0.717, 1.165) is 11.1 Å². The zero-order valence-corrected chi connectivity index (χ0v) is 15.4. The van der Waals surface area contributed by atoms with Gasteiger partial charge in [0.15, 0.2) is 0 Å². The Hall–Kier alpha value is -2.74. The number of hydrogen-bond acceptors (Lipinski definition) is 4. The molecule has 5 nitrogen and oxygen atoms in total. The van der Waals surface area contributed by atoms with Crippen molar-refractivity contribution >= 4 is 5.91 Å². The van der Waals surface area contributed by atoms with Gasteiger partial charge in [-0.2, -0.15) is 0 Å². The molecule has 1 atom stereocenters. The number of carbonyl (C=O) groups excluding carboxylic acids is 1. The smallest absolute Gasteiger partial charge is 0.492 e. The van der Waals surface area contributed by atoms with E-state index in [2.05, 4.69) is 10.1 Å². The minimum Gasteiger partial charge on any atom is -0.492 e. The number of halogens is 3. The number of ether oxygens (including phenoxy) is 2. The van der Waals surface area contributed by atoms with Gasteiger partial charge in [0.25, 0.3) is 0 Å². The normalized spacial score (nSPS) is 14.2. The molecule has 0 saturated heterocycles. The minimum atomic E-state index is -4.75. The van der Waals surface area contributed by atoms with Crippen LogP contribution in [-0.2, 0) is 17.8 Å². The summed E-state index contributed by atoms with van der Waals surface area (Å²) in [7, 11) is 0. The van der Waals surface area contributed by atoms with E-state index in [-0.39, 0.29) is 24.3 Å². The molecule has 1 aliphatic heterocycles. The van der Waals surface area contributed by atoms with Crippen molar-refractivity contribution < 1.29 is 32.5 Å². The molecule has 3 rings (SSSR count). The average molecular weight is 395 g/mol. The van der Waals surface area contributed by atoms with Gasteiger partial charge >= 0.3 is 6.36 Å². The van der Waals surface area contributed by atoms with Crippen LogP contribution in [0.3, 0.4) is 0 Å². The molecule has 150 valence electrons. The Bertz CT molecular complexity index is 879. The summed E-state index contributed by atoms with van der Waals surface area (Å²) < 4.78 is 46.8. The van der Waals surface area contributed by atoms with Crippen LogP contribution in [0.25, 0.3) is 11.1 Å². The Kier molecular flexibility index (Phi) is 5.51. The summed E-state index contributed by atoms with van der Waals surface area (Å²) in [5.41, 5.74) is 3.63. The standard InChI is InChI=1S/C20H20F3NO4/c1-11(24-12(2)26)16-9-17(19-15(7-8-27-19)18(16)10-25)13-3-5-14(6-4-13)28-20(21,22)23/h3-6,9,11,25H,7-8,10H2,1-2H3,(H,24,26)/t11-/m0/s1. The maximum Gasteiger partial charge on any atom is 0.573 e. The van der Waals surface area contributed by atoms with Gasteiger partial charge in [0.05, 0.1) is 19.3 Å². The highest BCUT2D eigenvalue weighted by Gasteiger charge is 2.31. The molecule has 8 heteroatoms. The number of fused-ring (bicyclic) bond motifs is 1. The third kappa shape index (κ3) is 4.22. The van der Waals surface area contributed by atoms with Gasteiger partial charge in [-0.1, -0.05) is 12.1 Å². The predicted octanol–water partition coefficient (Wildman–Crippen LogP) is 3.88. The van der Waals surface area contributed by atoms with Crippen LogP contribution < -0.4 is 14.8 Å². The highest BCUT2D eigenvalue weighted by molar-refractivity contribution is 5.77.